The van der Waals surface area contributed by atoms with Gasteiger partial charge in [-0.2, -0.15) is 0 Å². The average Bonchev–Trinajstić information content (AvgIpc) is 2.60. The van der Waals surface area contributed by atoms with E-state index < -0.39 is 0 Å². The van der Waals surface area contributed by atoms with E-state index in [-0.39, 0.29) is 6.61 Å². The standard InChI is InChI=1S/C22H25NO2/c1-6-8-19-13-18(14-21(24-5)22(19)25-11-7-2)15-23-20-10-9-16(3)12-17(20)4/h2,6,9-10,12-14,23H,1,8,11,15H2,3-5H3. The van der Waals surface area contributed by atoms with Gasteiger partial charge in [0.05, 0.1) is 7.11 Å². The fourth-order valence-electron chi connectivity index (χ4n) is 2.77. The summed E-state index contributed by atoms with van der Waals surface area (Å²) in [5.41, 5.74) is 5.74. The number of rotatable bonds is 8. The minimum Gasteiger partial charge on any atom is -0.493 e. The van der Waals surface area contributed by atoms with Crippen molar-refractivity contribution in [3.8, 4) is 23.8 Å². The Balaban J connectivity index is 2.26. The molecule has 0 saturated carbocycles. The summed E-state index contributed by atoms with van der Waals surface area (Å²) in [6.45, 7) is 8.93. The molecule has 0 amide bonds. The molecule has 25 heavy (non-hydrogen) atoms. The molecule has 130 valence electrons. The van der Waals surface area contributed by atoms with Crippen LogP contribution in [0.1, 0.15) is 22.3 Å². The van der Waals surface area contributed by atoms with Gasteiger partial charge in [-0.15, -0.1) is 13.0 Å². The molecule has 0 aliphatic heterocycles. The van der Waals surface area contributed by atoms with E-state index in [0.717, 1.165) is 16.8 Å². The monoisotopic (exact) mass is 335 g/mol. The molecule has 2 aromatic carbocycles. The van der Waals surface area contributed by atoms with E-state index >= 15 is 0 Å². The van der Waals surface area contributed by atoms with Crippen LogP contribution in [0.15, 0.2) is 43.0 Å². The largest absolute Gasteiger partial charge is 0.493 e. The molecule has 0 aliphatic carbocycles. The third kappa shape index (κ3) is 4.81. The Hall–Kier alpha value is -2.86. The summed E-state index contributed by atoms with van der Waals surface area (Å²) < 4.78 is 11.2. The second-order valence-electron chi connectivity index (χ2n) is 5.94. The summed E-state index contributed by atoms with van der Waals surface area (Å²) in [5.74, 6) is 3.87. The molecule has 0 aliphatic rings. The van der Waals surface area contributed by atoms with Gasteiger partial charge in [-0.3, -0.25) is 0 Å². The molecule has 0 heterocycles. The number of anilines is 1. The van der Waals surface area contributed by atoms with Crippen molar-refractivity contribution in [1.82, 2.24) is 0 Å². The summed E-state index contributed by atoms with van der Waals surface area (Å²) in [4.78, 5) is 0. The summed E-state index contributed by atoms with van der Waals surface area (Å²) in [6.07, 6.45) is 7.85. The lowest BCUT2D eigenvalue weighted by molar-refractivity contribution is 0.328. The first-order chi connectivity index (χ1) is 12.1. The van der Waals surface area contributed by atoms with Gasteiger partial charge in [0.2, 0.25) is 0 Å². The summed E-state index contributed by atoms with van der Waals surface area (Å²) >= 11 is 0. The van der Waals surface area contributed by atoms with Crippen LogP contribution in [-0.4, -0.2) is 13.7 Å². The topological polar surface area (TPSA) is 30.5 Å². The first-order valence-electron chi connectivity index (χ1n) is 8.27. The Morgan fingerprint density at radius 3 is 2.68 bits per heavy atom. The molecule has 2 aromatic rings. The fourth-order valence-corrected chi connectivity index (χ4v) is 2.77. The highest BCUT2D eigenvalue weighted by molar-refractivity contribution is 5.54. The molecule has 2 rings (SSSR count). The van der Waals surface area contributed by atoms with E-state index in [1.807, 2.05) is 12.1 Å². The normalized spacial score (nSPS) is 10.0. The van der Waals surface area contributed by atoms with Crippen molar-refractivity contribution in [2.45, 2.75) is 26.8 Å². The van der Waals surface area contributed by atoms with Gasteiger partial charge < -0.3 is 14.8 Å². The molecular weight excluding hydrogens is 310 g/mol. The number of terminal acetylenes is 1. The predicted octanol–water partition coefficient (Wildman–Crippen LogP) is 4.66. The number of hydrogen-bond acceptors (Lipinski definition) is 3. The maximum Gasteiger partial charge on any atom is 0.166 e. The van der Waals surface area contributed by atoms with Crippen molar-refractivity contribution in [3.63, 3.8) is 0 Å². The highest BCUT2D eigenvalue weighted by Crippen LogP contribution is 2.34. The average molecular weight is 335 g/mol. The Kier molecular flexibility index (Phi) is 6.54. The molecule has 0 bridgehead atoms. The minimum absolute atomic E-state index is 0.209. The highest BCUT2D eigenvalue weighted by Gasteiger charge is 2.12. The quantitative estimate of drug-likeness (QED) is 0.562. The molecule has 1 N–H and O–H groups in total. The van der Waals surface area contributed by atoms with Gasteiger partial charge in [0.1, 0.15) is 6.61 Å². The van der Waals surface area contributed by atoms with Crippen molar-refractivity contribution in [2.75, 3.05) is 19.0 Å². The van der Waals surface area contributed by atoms with Gasteiger partial charge in [0.25, 0.3) is 0 Å². The number of benzene rings is 2. The van der Waals surface area contributed by atoms with Crippen molar-refractivity contribution in [2.24, 2.45) is 0 Å². The molecule has 0 radical (unpaired) electrons. The van der Waals surface area contributed by atoms with Crippen LogP contribution >= 0.6 is 0 Å². The van der Waals surface area contributed by atoms with E-state index in [1.54, 1.807) is 7.11 Å². The fraction of sp³-hybridized carbons (Fsp3) is 0.273. The lowest BCUT2D eigenvalue weighted by Crippen LogP contribution is -2.05. The van der Waals surface area contributed by atoms with Gasteiger partial charge in [0, 0.05) is 17.8 Å². The number of aryl methyl sites for hydroxylation is 2. The molecule has 0 atom stereocenters. The number of hydrogen-bond donors (Lipinski definition) is 1. The van der Waals surface area contributed by atoms with Crippen LogP contribution in [-0.2, 0) is 13.0 Å². The maximum absolute atomic E-state index is 5.68. The van der Waals surface area contributed by atoms with Gasteiger partial charge >= 0.3 is 0 Å². The van der Waals surface area contributed by atoms with E-state index in [0.29, 0.717) is 24.5 Å². The second kappa shape index (κ2) is 8.84. The van der Waals surface area contributed by atoms with Crippen LogP contribution in [0.2, 0.25) is 0 Å². The Labute approximate surface area is 150 Å². The Morgan fingerprint density at radius 1 is 1.24 bits per heavy atom. The molecular formula is C22H25NO2. The van der Waals surface area contributed by atoms with Crippen LogP contribution in [0, 0.1) is 26.2 Å². The summed E-state index contributed by atoms with van der Waals surface area (Å²) in [5, 5.41) is 3.49. The first-order valence-corrected chi connectivity index (χ1v) is 8.27. The molecule has 0 fully saturated rings. The van der Waals surface area contributed by atoms with Crippen LogP contribution in [0.5, 0.6) is 11.5 Å². The van der Waals surface area contributed by atoms with E-state index in [9.17, 15) is 0 Å². The maximum atomic E-state index is 5.68. The first kappa shape index (κ1) is 18.5. The van der Waals surface area contributed by atoms with Crippen LogP contribution in [0.25, 0.3) is 0 Å². The molecule has 0 unspecified atom stereocenters. The van der Waals surface area contributed by atoms with E-state index in [1.165, 1.54) is 11.1 Å². The van der Waals surface area contributed by atoms with Crippen molar-refractivity contribution in [3.05, 3.63) is 65.2 Å². The van der Waals surface area contributed by atoms with Gasteiger partial charge in [0.15, 0.2) is 11.5 Å². The third-order valence-corrected chi connectivity index (χ3v) is 3.94. The molecule has 3 heteroatoms. The number of methoxy groups -OCH3 is 1. The SMILES string of the molecule is C#CCOc1c(CC=C)cc(CNc2ccc(C)cc2C)cc1OC. The number of allylic oxidation sites excluding steroid dienone is 1. The van der Waals surface area contributed by atoms with Crippen molar-refractivity contribution >= 4 is 5.69 Å². The molecule has 0 saturated heterocycles. The Morgan fingerprint density at radius 2 is 2.04 bits per heavy atom. The van der Waals surface area contributed by atoms with Crippen molar-refractivity contribution < 1.29 is 9.47 Å². The third-order valence-electron chi connectivity index (χ3n) is 3.94. The van der Waals surface area contributed by atoms with Gasteiger partial charge in [-0.05, 0) is 49.6 Å². The predicted molar refractivity (Wildman–Crippen MR) is 104 cm³/mol. The zero-order chi connectivity index (χ0) is 18.2. The van der Waals surface area contributed by atoms with E-state index in [4.69, 9.17) is 15.9 Å². The highest BCUT2D eigenvalue weighted by atomic mass is 16.5. The van der Waals surface area contributed by atoms with E-state index in [2.05, 4.69) is 55.9 Å². The summed E-state index contributed by atoms with van der Waals surface area (Å²) in [7, 11) is 1.64. The number of ether oxygens (including phenoxy) is 2. The zero-order valence-electron chi connectivity index (χ0n) is 15.2. The van der Waals surface area contributed by atoms with Crippen LogP contribution in [0.4, 0.5) is 5.69 Å². The number of nitrogens with one attached hydrogen (secondary N) is 1. The Bertz CT molecular complexity index is 787. The second-order valence-corrected chi connectivity index (χ2v) is 5.94. The minimum atomic E-state index is 0.209. The molecule has 0 aromatic heterocycles. The lowest BCUT2D eigenvalue weighted by atomic mass is 10.0. The molecule has 3 nitrogen and oxygen atoms in total. The lowest BCUT2D eigenvalue weighted by Gasteiger charge is -2.16. The van der Waals surface area contributed by atoms with Crippen molar-refractivity contribution in [1.29, 1.82) is 0 Å². The summed E-state index contributed by atoms with van der Waals surface area (Å²) in [6, 6.07) is 10.5. The smallest absolute Gasteiger partial charge is 0.166 e. The van der Waals surface area contributed by atoms with Gasteiger partial charge in [-0.25, -0.2) is 0 Å². The van der Waals surface area contributed by atoms with Crippen LogP contribution < -0.4 is 14.8 Å². The van der Waals surface area contributed by atoms with Gasteiger partial charge in [-0.1, -0.05) is 29.7 Å². The zero-order valence-corrected chi connectivity index (χ0v) is 15.2. The molecule has 0 spiro atoms. The van der Waals surface area contributed by atoms with Crippen LogP contribution in [0.3, 0.4) is 0 Å².